The van der Waals surface area contributed by atoms with Gasteiger partial charge in [0.15, 0.2) is 0 Å². The van der Waals surface area contributed by atoms with Crippen LogP contribution >= 0.6 is 0 Å². The van der Waals surface area contributed by atoms with Gasteiger partial charge >= 0.3 is 12.1 Å². The molecule has 1 saturated heterocycles. The molecule has 1 aliphatic rings. The van der Waals surface area contributed by atoms with Crippen LogP contribution in [0.1, 0.15) is 55.7 Å². The normalized spacial score (nSPS) is 13.7. The Bertz CT molecular complexity index is 1300. The summed E-state index contributed by atoms with van der Waals surface area (Å²) in [6.07, 6.45) is 2.36. The van der Waals surface area contributed by atoms with Crippen LogP contribution in [-0.4, -0.2) is 54.1 Å². The van der Waals surface area contributed by atoms with Crippen LogP contribution in [-0.2, 0) is 28.9 Å². The standard InChI is InChI=1S/C31H39N3O7/c1-20(2)39-31(37)33-19-24-18-27(10-4-22(24)7-11-29(35)36)38-17-14-28-21(3)40-30(34-28)23-5-8-25(9-6-23)41-26-12-15-32-16-13-26/h4-6,8-10,18,20,26,32H,7,11-17,19H2,1-3H3,(H,33,37)(H,35,36). The molecule has 1 fully saturated rings. The molecule has 41 heavy (non-hydrogen) atoms. The number of nitrogens with one attached hydrogen (secondary N) is 2. The summed E-state index contributed by atoms with van der Waals surface area (Å²) in [7, 11) is 0. The van der Waals surface area contributed by atoms with Gasteiger partial charge in [-0.2, -0.15) is 0 Å². The van der Waals surface area contributed by atoms with Gasteiger partial charge in [-0.25, -0.2) is 9.78 Å². The highest BCUT2D eigenvalue weighted by atomic mass is 16.6. The highest BCUT2D eigenvalue weighted by molar-refractivity contribution is 5.68. The molecule has 1 aliphatic heterocycles. The first-order valence-electron chi connectivity index (χ1n) is 14.1. The van der Waals surface area contributed by atoms with Crippen LogP contribution in [0.2, 0.25) is 0 Å². The molecule has 3 aromatic rings. The van der Waals surface area contributed by atoms with Crippen molar-refractivity contribution >= 4 is 12.1 Å². The lowest BCUT2D eigenvalue weighted by atomic mass is 10.0. The summed E-state index contributed by atoms with van der Waals surface area (Å²) in [6, 6.07) is 13.3. The van der Waals surface area contributed by atoms with Crippen molar-refractivity contribution in [2.24, 2.45) is 0 Å². The number of oxazole rings is 1. The van der Waals surface area contributed by atoms with Gasteiger partial charge in [-0.15, -0.1) is 0 Å². The minimum atomic E-state index is -0.882. The van der Waals surface area contributed by atoms with Gasteiger partial charge in [0.1, 0.15) is 23.4 Å². The van der Waals surface area contributed by atoms with Crippen LogP contribution in [0.5, 0.6) is 11.5 Å². The Labute approximate surface area is 240 Å². The molecule has 1 aromatic heterocycles. The Morgan fingerprint density at radius 1 is 1.07 bits per heavy atom. The Morgan fingerprint density at radius 3 is 2.51 bits per heavy atom. The van der Waals surface area contributed by atoms with E-state index in [1.54, 1.807) is 13.8 Å². The lowest BCUT2D eigenvalue weighted by Gasteiger charge is -2.23. The average Bonchev–Trinajstić information content (AvgIpc) is 3.32. The third-order valence-corrected chi connectivity index (χ3v) is 6.74. The van der Waals surface area contributed by atoms with E-state index >= 15 is 0 Å². The molecule has 10 nitrogen and oxygen atoms in total. The predicted octanol–water partition coefficient (Wildman–Crippen LogP) is 5.05. The van der Waals surface area contributed by atoms with Crippen LogP contribution in [0.25, 0.3) is 11.5 Å². The molecule has 2 heterocycles. The maximum Gasteiger partial charge on any atom is 0.407 e. The van der Waals surface area contributed by atoms with Gasteiger partial charge < -0.3 is 34.4 Å². The summed E-state index contributed by atoms with van der Waals surface area (Å²) >= 11 is 0. The van der Waals surface area contributed by atoms with Gasteiger partial charge in [-0.1, -0.05) is 6.07 Å². The van der Waals surface area contributed by atoms with Crippen LogP contribution in [0.15, 0.2) is 46.9 Å². The maximum atomic E-state index is 12.0. The predicted molar refractivity (Wildman–Crippen MR) is 153 cm³/mol. The smallest absolute Gasteiger partial charge is 0.407 e. The van der Waals surface area contributed by atoms with Gasteiger partial charge in [0.2, 0.25) is 5.89 Å². The first-order valence-corrected chi connectivity index (χ1v) is 14.1. The van der Waals surface area contributed by atoms with Crippen molar-refractivity contribution in [3.63, 3.8) is 0 Å². The fraction of sp³-hybridized carbons (Fsp3) is 0.452. The van der Waals surface area contributed by atoms with Crippen molar-refractivity contribution < 1.29 is 33.3 Å². The van der Waals surface area contributed by atoms with Crippen molar-refractivity contribution in [1.82, 2.24) is 15.6 Å². The number of ether oxygens (including phenoxy) is 3. The van der Waals surface area contributed by atoms with Crippen LogP contribution in [0.4, 0.5) is 4.79 Å². The first-order chi connectivity index (χ1) is 19.8. The molecule has 2 aromatic carbocycles. The minimum Gasteiger partial charge on any atom is -0.493 e. The molecular weight excluding hydrogens is 526 g/mol. The number of aromatic nitrogens is 1. The molecule has 0 saturated carbocycles. The number of piperidine rings is 1. The number of carbonyl (C=O) groups excluding carboxylic acids is 1. The average molecular weight is 566 g/mol. The van der Waals surface area contributed by atoms with Gasteiger partial charge in [-0.3, -0.25) is 4.79 Å². The number of carboxylic acid groups (broad SMARTS) is 1. The zero-order chi connectivity index (χ0) is 29.2. The quantitative estimate of drug-likeness (QED) is 0.260. The number of carboxylic acids is 1. The molecule has 0 spiro atoms. The summed E-state index contributed by atoms with van der Waals surface area (Å²) in [5.41, 5.74) is 3.29. The topological polar surface area (TPSA) is 132 Å². The Kier molecular flexibility index (Phi) is 10.6. The van der Waals surface area contributed by atoms with Gasteiger partial charge in [0.25, 0.3) is 0 Å². The number of nitrogens with zero attached hydrogens (tertiary/aromatic N) is 1. The minimum absolute atomic E-state index is 0.00853. The highest BCUT2D eigenvalue weighted by Gasteiger charge is 2.16. The third kappa shape index (κ3) is 9.24. The molecule has 3 N–H and O–H groups in total. The van der Waals surface area contributed by atoms with E-state index in [9.17, 15) is 9.59 Å². The summed E-state index contributed by atoms with van der Waals surface area (Å²) in [5.74, 6) is 1.86. The second kappa shape index (κ2) is 14.5. The molecule has 1 amide bonds. The van der Waals surface area contributed by atoms with Gasteiger partial charge in [-0.05, 0) is 101 Å². The van der Waals surface area contributed by atoms with Crippen molar-refractivity contribution in [3.8, 4) is 23.0 Å². The number of carbonyl (C=O) groups is 2. The van der Waals surface area contributed by atoms with Crippen molar-refractivity contribution in [1.29, 1.82) is 0 Å². The summed E-state index contributed by atoms with van der Waals surface area (Å²) in [6.45, 7) is 7.96. The van der Waals surface area contributed by atoms with Crippen molar-refractivity contribution in [2.75, 3.05) is 19.7 Å². The van der Waals surface area contributed by atoms with Crippen molar-refractivity contribution in [2.45, 2.75) is 71.6 Å². The third-order valence-electron chi connectivity index (χ3n) is 6.74. The number of hydrogen-bond acceptors (Lipinski definition) is 8. The molecule has 4 rings (SSSR count). The van der Waals surface area contributed by atoms with Crippen LogP contribution < -0.4 is 20.1 Å². The van der Waals surface area contributed by atoms with Crippen LogP contribution in [0, 0.1) is 6.92 Å². The lowest BCUT2D eigenvalue weighted by Crippen LogP contribution is -2.34. The van der Waals surface area contributed by atoms with E-state index in [1.165, 1.54) is 0 Å². The first kappa shape index (κ1) is 29.9. The summed E-state index contributed by atoms with van der Waals surface area (Å²) < 4.78 is 23.2. The molecule has 0 atom stereocenters. The molecule has 220 valence electrons. The van der Waals surface area contributed by atoms with E-state index < -0.39 is 12.1 Å². The molecule has 10 heteroatoms. The lowest BCUT2D eigenvalue weighted by molar-refractivity contribution is -0.136. The van der Waals surface area contributed by atoms with E-state index in [4.69, 9.17) is 23.7 Å². The monoisotopic (exact) mass is 565 g/mol. The molecule has 0 aliphatic carbocycles. The SMILES string of the molecule is Cc1oc(-c2ccc(OC3CCNCC3)cc2)nc1CCOc1ccc(CCC(=O)O)c(CNC(=O)OC(C)C)c1. The Hall–Kier alpha value is -4.05. The molecule has 0 unspecified atom stereocenters. The number of aryl methyl sites for hydroxylation is 2. The zero-order valence-corrected chi connectivity index (χ0v) is 23.9. The van der Waals surface area contributed by atoms with Gasteiger partial charge in [0.05, 0.1) is 18.4 Å². The number of benzene rings is 2. The number of rotatable bonds is 13. The number of alkyl carbamates (subject to hydrolysis) is 1. The molecular formula is C31H39N3O7. The largest absolute Gasteiger partial charge is 0.493 e. The van der Waals surface area contributed by atoms with Crippen LogP contribution in [0.3, 0.4) is 0 Å². The number of hydrogen-bond donors (Lipinski definition) is 3. The Balaban J connectivity index is 1.34. The van der Waals surface area contributed by atoms with E-state index in [0.717, 1.165) is 59.8 Å². The maximum absolute atomic E-state index is 12.0. The fourth-order valence-corrected chi connectivity index (χ4v) is 4.60. The summed E-state index contributed by atoms with van der Waals surface area (Å²) in [4.78, 5) is 27.7. The highest BCUT2D eigenvalue weighted by Crippen LogP contribution is 2.26. The van der Waals surface area contributed by atoms with Crippen molar-refractivity contribution in [3.05, 3.63) is 65.0 Å². The fourth-order valence-electron chi connectivity index (χ4n) is 4.60. The second-order valence-corrected chi connectivity index (χ2v) is 10.3. The van der Waals surface area contributed by atoms with E-state index in [2.05, 4.69) is 15.6 Å². The molecule has 0 radical (unpaired) electrons. The summed E-state index contributed by atoms with van der Waals surface area (Å²) in [5, 5.41) is 15.2. The second-order valence-electron chi connectivity index (χ2n) is 10.3. The van der Waals surface area contributed by atoms with E-state index in [-0.39, 0.29) is 25.2 Å². The van der Waals surface area contributed by atoms with Gasteiger partial charge in [0, 0.05) is 24.9 Å². The van der Waals surface area contributed by atoms with E-state index in [0.29, 0.717) is 31.1 Å². The zero-order valence-electron chi connectivity index (χ0n) is 23.9. The number of amides is 1. The number of aliphatic carboxylic acids is 1. The molecule has 0 bridgehead atoms. The van der Waals surface area contributed by atoms with E-state index in [1.807, 2.05) is 49.4 Å². The Morgan fingerprint density at radius 2 is 1.80 bits per heavy atom.